The summed E-state index contributed by atoms with van der Waals surface area (Å²) in [4.78, 5) is 0. The van der Waals surface area contributed by atoms with Crippen molar-refractivity contribution in [3.8, 4) is 5.69 Å². The Morgan fingerprint density at radius 1 is 1.00 bits per heavy atom. The lowest BCUT2D eigenvalue weighted by Gasteiger charge is -2.01. The van der Waals surface area contributed by atoms with Crippen LogP contribution in [0.4, 0.5) is 0 Å². The van der Waals surface area contributed by atoms with E-state index in [2.05, 4.69) is 48.1 Å². The molecule has 0 radical (unpaired) electrons. The van der Waals surface area contributed by atoms with Gasteiger partial charge in [-0.2, -0.15) is 0 Å². The van der Waals surface area contributed by atoms with E-state index in [9.17, 15) is 0 Å². The third-order valence-corrected chi connectivity index (χ3v) is 5.03. The molecule has 0 unspecified atom stereocenters. The van der Waals surface area contributed by atoms with Gasteiger partial charge in [-0.25, -0.2) is 0 Å². The molecule has 0 atom stereocenters. The molecule has 80 valence electrons. The van der Waals surface area contributed by atoms with Gasteiger partial charge in [0.1, 0.15) is 3.14 Å². The molecule has 2 heterocycles. The second-order valence-corrected chi connectivity index (χ2v) is 6.97. The van der Waals surface area contributed by atoms with E-state index in [-0.39, 0.29) is 0 Å². The summed E-state index contributed by atoms with van der Waals surface area (Å²) in [7, 11) is 0. The lowest BCUT2D eigenvalue weighted by atomic mass is 10.2. The largest absolute Gasteiger partial charge is 0.321 e. The molecule has 3 aromatic rings. The molecule has 0 fully saturated rings. The molecule has 0 N–H and O–H groups in total. The summed E-state index contributed by atoms with van der Waals surface area (Å²) in [5, 5.41) is 0. The summed E-state index contributed by atoms with van der Waals surface area (Å²) < 4.78 is 5.71. The summed E-state index contributed by atoms with van der Waals surface area (Å²) in [6.45, 7) is 2.10. The van der Waals surface area contributed by atoms with Crippen molar-refractivity contribution in [3.05, 3.63) is 45.4 Å². The highest BCUT2D eigenvalue weighted by Crippen LogP contribution is 2.30. The Balaban J connectivity index is 2.15. The second-order valence-electron chi connectivity index (χ2n) is 3.68. The van der Waals surface area contributed by atoms with E-state index in [1.54, 1.807) is 22.7 Å². The minimum absolute atomic E-state index is 1.00. The number of fused-ring (bicyclic) bond motifs is 1. The molecule has 0 aliphatic carbocycles. The van der Waals surface area contributed by atoms with Crippen LogP contribution in [0.5, 0.6) is 0 Å². The summed E-state index contributed by atoms with van der Waals surface area (Å²) in [6.07, 6.45) is 4.30. The maximum absolute atomic E-state index is 5.17. The third-order valence-electron chi connectivity index (χ3n) is 2.47. The molecule has 3 rings (SSSR count). The first kappa shape index (κ1) is 10.2. The summed E-state index contributed by atoms with van der Waals surface area (Å²) in [5.41, 5.74) is 2.49. The number of aromatic nitrogens is 1. The van der Waals surface area contributed by atoms with Crippen molar-refractivity contribution in [3.63, 3.8) is 0 Å². The molecule has 0 bridgehead atoms. The van der Waals surface area contributed by atoms with E-state index >= 15 is 0 Å². The first-order valence-corrected chi connectivity index (χ1v) is 6.95. The highest BCUT2D eigenvalue weighted by atomic mass is 32.2. The van der Waals surface area contributed by atoms with Crippen LogP contribution in [0.25, 0.3) is 15.1 Å². The molecule has 1 aromatic carbocycles. The average Bonchev–Trinajstić information content (AvgIpc) is 2.75. The smallest absolute Gasteiger partial charge is 0.144 e. The second kappa shape index (κ2) is 3.80. The maximum Gasteiger partial charge on any atom is 0.144 e. The van der Waals surface area contributed by atoms with Crippen molar-refractivity contribution in [1.82, 2.24) is 4.57 Å². The summed E-state index contributed by atoms with van der Waals surface area (Å²) >= 11 is 8.54. The SMILES string of the molecule is Cc1ccc(-n2cc3sc(=S)sc3c2)cc1. The molecule has 0 aliphatic rings. The molecule has 0 saturated carbocycles. The van der Waals surface area contributed by atoms with E-state index in [0.717, 1.165) is 3.14 Å². The van der Waals surface area contributed by atoms with Crippen LogP contribution in [0.1, 0.15) is 5.56 Å². The fraction of sp³-hybridized carbons (Fsp3) is 0.0833. The van der Waals surface area contributed by atoms with Crippen LogP contribution in [0.2, 0.25) is 0 Å². The third kappa shape index (κ3) is 1.73. The van der Waals surface area contributed by atoms with Gasteiger partial charge in [-0.1, -0.05) is 29.9 Å². The number of rotatable bonds is 1. The zero-order valence-electron chi connectivity index (χ0n) is 8.64. The van der Waals surface area contributed by atoms with Gasteiger partial charge >= 0.3 is 0 Å². The minimum Gasteiger partial charge on any atom is -0.321 e. The Labute approximate surface area is 107 Å². The molecule has 1 nitrogen and oxygen atoms in total. The van der Waals surface area contributed by atoms with Gasteiger partial charge in [0.25, 0.3) is 0 Å². The van der Waals surface area contributed by atoms with Crippen LogP contribution < -0.4 is 0 Å². The predicted molar refractivity (Wildman–Crippen MR) is 74.6 cm³/mol. The Bertz CT molecular complexity index is 650. The van der Waals surface area contributed by atoms with Crippen LogP contribution in [0.3, 0.4) is 0 Å². The van der Waals surface area contributed by atoms with Crippen LogP contribution in [0.15, 0.2) is 36.7 Å². The molecular formula is C12H9NS3. The summed E-state index contributed by atoms with van der Waals surface area (Å²) in [6, 6.07) is 8.53. The molecular weight excluding hydrogens is 254 g/mol. The van der Waals surface area contributed by atoms with Crippen molar-refractivity contribution in [2.24, 2.45) is 0 Å². The number of benzene rings is 1. The maximum atomic E-state index is 5.17. The minimum atomic E-state index is 1.00. The zero-order chi connectivity index (χ0) is 11.1. The first-order valence-electron chi connectivity index (χ1n) is 4.91. The van der Waals surface area contributed by atoms with Gasteiger partial charge < -0.3 is 4.57 Å². The Hall–Kier alpha value is -0.970. The van der Waals surface area contributed by atoms with Gasteiger partial charge in [-0.05, 0) is 19.1 Å². The predicted octanol–water partition coefficient (Wildman–Crippen LogP) is 4.79. The van der Waals surface area contributed by atoms with Gasteiger partial charge in [0.05, 0.1) is 9.40 Å². The van der Waals surface area contributed by atoms with Gasteiger partial charge in [0.2, 0.25) is 0 Å². The van der Waals surface area contributed by atoms with Gasteiger partial charge in [0.15, 0.2) is 0 Å². The number of hydrogen-bond acceptors (Lipinski definition) is 3. The quantitative estimate of drug-likeness (QED) is 0.571. The van der Waals surface area contributed by atoms with Crippen molar-refractivity contribution in [2.45, 2.75) is 6.92 Å². The van der Waals surface area contributed by atoms with Crippen LogP contribution >= 0.6 is 34.9 Å². The lowest BCUT2D eigenvalue weighted by molar-refractivity contribution is 1.09. The van der Waals surface area contributed by atoms with Crippen molar-refractivity contribution in [1.29, 1.82) is 0 Å². The van der Waals surface area contributed by atoms with E-state index in [1.807, 2.05) is 0 Å². The Kier molecular flexibility index (Phi) is 2.42. The average molecular weight is 263 g/mol. The zero-order valence-corrected chi connectivity index (χ0v) is 11.1. The van der Waals surface area contributed by atoms with Crippen LogP contribution in [0, 0.1) is 10.1 Å². The highest BCUT2D eigenvalue weighted by Gasteiger charge is 2.03. The molecule has 0 saturated heterocycles. The fourth-order valence-corrected chi connectivity index (χ4v) is 4.13. The van der Waals surface area contributed by atoms with E-state index in [0.29, 0.717) is 0 Å². The highest BCUT2D eigenvalue weighted by molar-refractivity contribution is 7.77. The first-order chi connectivity index (χ1) is 7.72. The summed E-state index contributed by atoms with van der Waals surface area (Å²) in [5.74, 6) is 0. The monoisotopic (exact) mass is 263 g/mol. The van der Waals surface area contributed by atoms with E-state index in [4.69, 9.17) is 12.2 Å². The van der Waals surface area contributed by atoms with Crippen molar-refractivity contribution < 1.29 is 0 Å². The Morgan fingerprint density at radius 3 is 2.12 bits per heavy atom. The topological polar surface area (TPSA) is 4.93 Å². The molecule has 2 aromatic heterocycles. The molecule has 0 aliphatic heterocycles. The molecule has 0 amide bonds. The van der Waals surface area contributed by atoms with Crippen molar-refractivity contribution in [2.75, 3.05) is 0 Å². The fourth-order valence-electron chi connectivity index (χ4n) is 1.64. The van der Waals surface area contributed by atoms with E-state index in [1.165, 1.54) is 20.7 Å². The molecule has 0 spiro atoms. The number of aryl methyl sites for hydroxylation is 1. The van der Waals surface area contributed by atoms with Gasteiger partial charge in [0, 0.05) is 18.1 Å². The van der Waals surface area contributed by atoms with Crippen molar-refractivity contribution >= 4 is 44.3 Å². The van der Waals surface area contributed by atoms with Crippen LogP contribution in [-0.4, -0.2) is 4.57 Å². The molecule has 4 heteroatoms. The van der Waals surface area contributed by atoms with Gasteiger partial charge in [-0.15, -0.1) is 22.7 Å². The normalized spacial score (nSPS) is 11.1. The van der Waals surface area contributed by atoms with E-state index < -0.39 is 0 Å². The number of hydrogen-bond donors (Lipinski definition) is 0. The number of nitrogens with zero attached hydrogens (tertiary/aromatic N) is 1. The van der Waals surface area contributed by atoms with Gasteiger partial charge in [-0.3, -0.25) is 0 Å². The lowest BCUT2D eigenvalue weighted by Crippen LogP contribution is -1.88. The Morgan fingerprint density at radius 2 is 1.56 bits per heavy atom. The molecule has 16 heavy (non-hydrogen) atoms. The standard InChI is InChI=1S/C12H9NS3/c1-8-2-4-9(5-3-8)13-6-10-11(7-13)16-12(14)15-10/h2-7H,1H3. The van der Waals surface area contributed by atoms with Crippen LogP contribution in [-0.2, 0) is 0 Å².